The summed E-state index contributed by atoms with van der Waals surface area (Å²) in [7, 11) is 0. The van der Waals surface area contributed by atoms with Gasteiger partial charge in [-0.3, -0.25) is 5.32 Å². The Morgan fingerprint density at radius 1 is 1.33 bits per heavy atom. The van der Waals surface area contributed by atoms with Gasteiger partial charge in [0, 0.05) is 0 Å². The van der Waals surface area contributed by atoms with Crippen LogP contribution in [0, 0.1) is 11.7 Å². The molecule has 0 spiro atoms. The fourth-order valence-corrected chi connectivity index (χ4v) is 2.49. The molecular formula is C16H22FNO3. The van der Waals surface area contributed by atoms with Crippen LogP contribution in [-0.2, 0) is 9.53 Å². The highest BCUT2D eigenvalue weighted by Crippen LogP contribution is 2.41. The molecule has 0 aliphatic heterocycles. The van der Waals surface area contributed by atoms with Crippen LogP contribution in [0.1, 0.15) is 26.7 Å². The zero-order chi connectivity index (χ0) is 15.3. The number of likely N-dealkylation sites (N-methyl/N-ethyl adjacent to an activating group) is 1. The van der Waals surface area contributed by atoms with E-state index < -0.39 is 5.54 Å². The zero-order valence-electron chi connectivity index (χ0n) is 12.5. The van der Waals surface area contributed by atoms with Gasteiger partial charge in [-0.25, -0.2) is 9.18 Å². The van der Waals surface area contributed by atoms with Crippen molar-refractivity contribution in [1.82, 2.24) is 5.32 Å². The molecule has 1 N–H and O–H groups in total. The second kappa shape index (κ2) is 6.89. The van der Waals surface area contributed by atoms with E-state index in [9.17, 15) is 9.18 Å². The van der Waals surface area contributed by atoms with Crippen molar-refractivity contribution in [2.75, 3.05) is 19.8 Å². The van der Waals surface area contributed by atoms with E-state index in [-0.39, 0.29) is 24.3 Å². The third kappa shape index (κ3) is 3.73. The molecule has 1 saturated carbocycles. The van der Waals surface area contributed by atoms with Crippen LogP contribution in [0.2, 0.25) is 0 Å². The number of hydrogen-bond donors (Lipinski definition) is 1. The Morgan fingerprint density at radius 3 is 2.52 bits per heavy atom. The molecule has 0 amide bonds. The molecule has 0 heterocycles. The van der Waals surface area contributed by atoms with Gasteiger partial charge < -0.3 is 9.47 Å². The largest absolute Gasteiger partial charge is 0.491 e. The monoisotopic (exact) mass is 295 g/mol. The molecule has 21 heavy (non-hydrogen) atoms. The first-order valence-electron chi connectivity index (χ1n) is 7.43. The van der Waals surface area contributed by atoms with Crippen molar-refractivity contribution in [3.63, 3.8) is 0 Å². The van der Waals surface area contributed by atoms with Crippen LogP contribution >= 0.6 is 0 Å². The van der Waals surface area contributed by atoms with Crippen molar-refractivity contribution in [3.05, 3.63) is 30.1 Å². The number of carbonyl (C=O) groups is 1. The van der Waals surface area contributed by atoms with Gasteiger partial charge in [0.15, 0.2) is 5.54 Å². The number of nitrogens with one attached hydrogen (secondary N) is 1. The summed E-state index contributed by atoms with van der Waals surface area (Å²) in [5.74, 6) is 0.199. The third-order valence-corrected chi connectivity index (χ3v) is 3.69. The maximum Gasteiger partial charge on any atom is 0.330 e. The van der Waals surface area contributed by atoms with Crippen molar-refractivity contribution in [1.29, 1.82) is 0 Å². The number of carbonyl (C=O) groups excluding carboxylic acids is 1. The van der Waals surface area contributed by atoms with Crippen molar-refractivity contribution in [2.45, 2.75) is 32.2 Å². The second-order valence-electron chi connectivity index (χ2n) is 5.24. The Hall–Kier alpha value is -1.62. The summed E-state index contributed by atoms with van der Waals surface area (Å²) in [5, 5.41) is 3.25. The van der Waals surface area contributed by atoms with Crippen LogP contribution < -0.4 is 10.1 Å². The Balaban J connectivity index is 2.11. The maximum atomic E-state index is 12.9. The van der Waals surface area contributed by atoms with E-state index >= 15 is 0 Å². The summed E-state index contributed by atoms with van der Waals surface area (Å²) in [5.41, 5.74) is -0.806. The van der Waals surface area contributed by atoms with Crippen molar-refractivity contribution in [3.8, 4) is 5.75 Å². The summed E-state index contributed by atoms with van der Waals surface area (Å²) in [6.07, 6.45) is 1.97. The molecule has 0 saturated heterocycles. The fraction of sp³-hybridized carbons (Fsp3) is 0.562. The molecule has 2 rings (SSSR count). The summed E-state index contributed by atoms with van der Waals surface area (Å²) >= 11 is 0. The highest BCUT2D eigenvalue weighted by atomic mass is 19.1. The Kier molecular flexibility index (Phi) is 5.17. The minimum absolute atomic E-state index is 0.190. The molecule has 116 valence electrons. The fourth-order valence-electron chi connectivity index (χ4n) is 2.49. The molecule has 0 radical (unpaired) electrons. The van der Waals surface area contributed by atoms with Crippen LogP contribution in [-0.4, -0.2) is 31.3 Å². The number of rotatable bonds is 8. The molecule has 5 heteroatoms. The number of benzene rings is 1. The topological polar surface area (TPSA) is 47.6 Å². The molecule has 1 aliphatic carbocycles. The predicted molar refractivity (Wildman–Crippen MR) is 77.7 cm³/mol. The lowest BCUT2D eigenvalue weighted by Crippen LogP contribution is -2.59. The highest BCUT2D eigenvalue weighted by molar-refractivity contribution is 5.82. The lowest BCUT2D eigenvalue weighted by molar-refractivity contribution is -0.154. The van der Waals surface area contributed by atoms with Crippen LogP contribution in [0.3, 0.4) is 0 Å². The van der Waals surface area contributed by atoms with E-state index in [1.165, 1.54) is 12.1 Å². The number of ether oxygens (including phenoxy) is 2. The first-order chi connectivity index (χ1) is 10.1. The van der Waals surface area contributed by atoms with Crippen LogP contribution in [0.15, 0.2) is 24.3 Å². The molecule has 0 bridgehead atoms. The zero-order valence-corrected chi connectivity index (χ0v) is 12.5. The van der Waals surface area contributed by atoms with Gasteiger partial charge in [0.2, 0.25) is 0 Å². The van der Waals surface area contributed by atoms with E-state index in [1.807, 2.05) is 6.92 Å². The first-order valence-corrected chi connectivity index (χ1v) is 7.43. The van der Waals surface area contributed by atoms with Crippen molar-refractivity contribution >= 4 is 5.97 Å². The maximum absolute atomic E-state index is 12.9. The average Bonchev–Trinajstić information content (AvgIpc) is 3.30. The Bertz CT molecular complexity index is 473. The van der Waals surface area contributed by atoms with Gasteiger partial charge in [-0.2, -0.15) is 0 Å². The van der Waals surface area contributed by atoms with Gasteiger partial charge in [-0.1, -0.05) is 6.92 Å². The molecule has 1 fully saturated rings. The lowest BCUT2D eigenvalue weighted by Gasteiger charge is -2.32. The van der Waals surface area contributed by atoms with Crippen molar-refractivity contribution in [2.24, 2.45) is 5.92 Å². The van der Waals surface area contributed by atoms with E-state index in [0.717, 1.165) is 12.8 Å². The lowest BCUT2D eigenvalue weighted by atomic mass is 9.94. The minimum atomic E-state index is -0.806. The van der Waals surface area contributed by atoms with E-state index in [0.29, 0.717) is 18.9 Å². The Morgan fingerprint density at radius 2 is 2.00 bits per heavy atom. The van der Waals surface area contributed by atoms with Crippen LogP contribution in [0.25, 0.3) is 0 Å². The van der Waals surface area contributed by atoms with Crippen LogP contribution in [0.4, 0.5) is 4.39 Å². The SMILES string of the molecule is CCNC(COc1ccc(F)cc1)(C(=O)OCC)C1CC1. The molecule has 0 aromatic heterocycles. The molecule has 1 aliphatic rings. The summed E-state index contributed by atoms with van der Waals surface area (Å²) in [4.78, 5) is 12.4. The Labute approximate surface area is 124 Å². The molecule has 1 aromatic rings. The smallest absolute Gasteiger partial charge is 0.330 e. The van der Waals surface area contributed by atoms with Crippen molar-refractivity contribution < 1.29 is 18.7 Å². The van der Waals surface area contributed by atoms with Gasteiger partial charge in [0.1, 0.15) is 18.2 Å². The normalized spacial score (nSPS) is 17.1. The van der Waals surface area contributed by atoms with E-state index in [2.05, 4.69) is 5.32 Å². The van der Waals surface area contributed by atoms with Gasteiger partial charge in [-0.05, 0) is 56.5 Å². The summed E-state index contributed by atoms with van der Waals surface area (Å²) < 4.78 is 23.9. The quantitative estimate of drug-likeness (QED) is 0.749. The molecular weight excluding hydrogens is 273 g/mol. The number of halogens is 1. The van der Waals surface area contributed by atoms with Gasteiger partial charge in [-0.15, -0.1) is 0 Å². The molecule has 1 aromatic carbocycles. The molecule has 4 nitrogen and oxygen atoms in total. The molecule has 1 atom stereocenters. The highest BCUT2D eigenvalue weighted by Gasteiger charge is 2.52. The predicted octanol–water partition coefficient (Wildman–Crippen LogP) is 2.53. The van der Waals surface area contributed by atoms with Gasteiger partial charge in [0.05, 0.1) is 6.61 Å². The van der Waals surface area contributed by atoms with Crippen LogP contribution in [0.5, 0.6) is 5.75 Å². The molecule has 1 unspecified atom stereocenters. The third-order valence-electron chi connectivity index (χ3n) is 3.69. The first kappa shape index (κ1) is 15.8. The minimum Gasteiger partial charge on any atom is -0.491 e. The average molecular weight is 295 g/mol. The van der Waals surface area contributed by atoms with Gasteiger partial charge in [0.25, 0.3) is 0 Å². The second-order valence-corrected chi connectivity index (χ2v) is 5.24. The summed E-state index contributed by atoms with van der Waals surface area (Å²) in [6, 6.07) is 5.80. The van der Waals surface area contributed by atoms with E-state index in [4.69, 9.17) is 9.47 Å². The number of esters is 1. The summed E-state index contributed by atoms with van der Waals surface area (Å²) in [6.45, 7) is 4.93. The standard InChI is InChI=1S/C16H22FNO3/c1-3-18-16(12-5-6-12,15(19)20-4-2)11-21-14-9-7-13(17)8-10-14/h7-10,12,18H,3-6,11H2,1-2H3. The van der Waals surface area contributed by atoms with Gasteiger partial charge >= 0.3 is 5.97 Å². The van der Waals surface area contributed by atoms with E-state index in [1.54, 1.807) is 19.1 Å². The number of hydrogen-bond acceptors (Lipinski definition) is 4.